The summed E-state index contributed by atoms with van der Waals surface area (Å²) in [6, 6.07) is 8.01. The maximum absolute atomic E-state index is 13.4. The number of carbonyl (C=O) groups is 2. The molecule has 0 aliphatic rings. The summed E-state index contributed by atoms with van der Waals surface area (Å²) < 4.78 is 38.9. The molecule has 0 unspecified atom stereocenters. The number of nitrogens with one attached hydrogen (secondary N) is 2. The van der Waals surface area contributed by atoms with Gasteiger partial charge >= 0.3 is 0 Å². The van der Waals surface area contributed by atoms with Crippen molar-refractivity contribution in [3.05, 3.63) is 65.5 Å². The Morgan fingerprint density at radius 1 is 0.917 bits per heavy atom. The van der Waals surface area contributed by atoms with Crippen molar-refractivity contribution in [3.8, 4) is 0 Å². The second-order valence-electron chi connectivity index (χ2n) is 5.04. The molecule has 2 N–H and O–H groups in total. The van der Waals surface area contributed by atoms with Gasteiger partial charge in [0.05, 0.1) is 5.56 Å². The van der Waals surface area contributed by atoms with Gasteiger partial charge in [-0.05, 0) is 42.8 Å². The zero-order valence-corrected chi connectivity index (χ0v) is 12.6. The molecule has 0 bridgehead atoms. The first-order valence-electron chi connectivity index (χ1n) is 7.24. The summed E-state index contributed by atoms with van der Waals surface area (Å²) in [5.74, 6) is -3.07. The third kappa shape index (κ3) is 5.12. The van der Waals surface area contributed by atoms with Crippen molar-refractivity contribution in [3.63, 3.8) is 0 Å². The first-order valence-corrected chi connectivity index (χ1v) is 7.24. The third-order valence-corrected chi connectivity index (χ3v) is 3.17. The van der Waals surface area contributed by atoms with E-state index < -0.39 is 23.4 Å². The zero-order valence-electron chi connectivity index (χ0n) is 12.6. The van der Waals surface area contributed by atoms with Crippen molar-refractivity contribution in [1.29, 1.82) is 0 Å². The molecule has 2 aromatic rings. The summed E-state index contributed by atoms with van der Waals surface area (Å²) in [5.41, 5.74) is 0.214. The second-order valence-corrected chi connectivity index (χ2v) is 5.04. The molecule has 24 heavy (non-hydrogen) atoms. The predicted octanol–water partition coefficient (Wildman–Crippen LogP) is 3.25. The van der Waals surface area contributed by atoms with E-state index in [0.29, 0.717) is 18.2 Å². The number of halogens is 3. The zero-order chi connectivity index (χ0) is 17.5. The Morgan fingerprint density at radius 2 is 1.58 bits per heavy atom. The first kappa shape index (κ1) is 17.5. The van der Waals surface area contributed by atoms with Crippen molar-refractivity contribution in [1.82, 2.24) is 5.32 Å². The summed E-state index contributed by atoms with van der Waals surface area (Å²) in [5, 5.41) is 5.04. The van der Waals surface area contributed by atoms with E-state index in [4.69, 9.17) is 0 Å². The highest BCUT2D eigenvalue weighted by Crippen LogP contribution is 2.10. The van der Waals surface area contributed by atoms with E-state index in [1.165, 1.54) is 24.3 Å². The fourth-order valence-electron chi connectivity index (χ4n) is 1.98. The summed E-state index contributed by atoms with van der Waals surface area (Å²) >= 11 is 0. The number of hydrogen-bond acceptors (Lipinski definition) is 2. The van der Waals surface area contributed by atoms with Gasteiger partial charge in [0, 0.05) is 24.7 Å². The third-order valence-electron chi connectivity index (χ3n) is 3.17. The number of anilines is 1. The van der Waals surface area contributed by atoms with Crippen molar-refractivity contribution < 1.29 is 22.8 Å². The minimum absolute atomic E-state index is 0.129. The molecule has 7 heteroatoms. The molecule has 2 rings (SSSR count). The Kier molecular flexibility index (Phi) is 5.95. The maximum Gasteiger partial charge on any atom is 0.254 e. The SMILES string of the molecule is O=C(CCCNC(=O)c1ccc(F)cc1F)Nc1ccc(F)cc1. The first-order chi connectivity index (χ1) is 11.5. The number of rotatable bonds is 6. The molecule has 2 amide bonds. The number of amides is 2. The molecule has 0 aromatic heterocycles. The molecule has 0 atom stereocenters. The summed E-state index contributed by atoms with van der Waals surface area (Å²) in [6.45, 7) is 0.159. The van der Waals surface area contributed by atoms with Crippen LogP contribution in [0.4, 0.5) is 18.9 Å². The van der Waals surface area contributed by atoms with Crippen molar-refractivity contribution >= 4 is 17.5 Å². The molecule has 0 radical (unpaired) electrons. The highest BCUT2D eigenvalue weighted by atomic mass is 19.1. The molecule has 0 aliphatic carbocycles. The lowest BCUT2D eigenvalue weighted by atomic mass is 10.2. The smallest absolute Gasteiger partial charge is 0.254 e. The monoisotopic (exact) mass is 336 g/mol. The van der Waals surface area contributed by atoms with Crippen molar-refractivity contribution in [2.24, 2.45) is 0 Å². The molecule has 0 fully saturated rings. The number of carbonyl (C=O) groups excluding carboxylic acids is 2. The number of benzene rings is 2. The molecule has 126 valence electrons. The molecule has 0 saturated carbocycles. The lowest BCUT2D eigenvalue weighted by Crippen LogP contribution is -2.26. The van der Waals surface area contributed by atoms with E-state index in [1.54, 1.807) is 0 Å². The molecule has 0 heterocycles. The van der Waals surface area contributed by atoms with Gasteiger partial charge in [0.1, 0.15) is 17.5 Å². The van der Waals surface area contributed by atoms with Gasteiger partial charge in [-0.15, -0.1) is 0 Å². The molecule has 0 saturated heterocycles. The van der Waals surface area contributed by atoms with Gasteiger partial charge in [0.2, 0.25) is 5.91 Å². The van der Waals surface area contributed by atoms with E-state index >= 15 is 0 Å². The summed E-state index contributed by atoms with van der Waals surface area (Å²) in [7, 11) is 0. The van der Waals surface area contributed by atoms with Crippen LogP contribution in [0.15, 0.2) is 42.5 Å². The normalized spacial score (nSPS) is 10.3. The highest BCUT2D eigenvalue weighted by Gasteiger charge is 2.12. The van der Waals surface area contributed by atoms with Crippen LogP contribution in [-0.4, -0.2) is 18.4 Å². The maximum atomic E-state index is 13.4. The van der Waals surface area contributed by atoms with Gasteiger partial charge in [-0.3, -0.25) is 9.59 Å². The lowest BCUT2D eigenvalue weighted by molar-refractivity contribution is -0.116. The van der Waals surface area contributed by atoms with Gasteiger partial charge in [0.25, 0.3) is 5.91 Å². The van der Waals surface area contributed by atoms with Crippen LogP contribution in [0.1, 0.15) is 23.2 Å². The minimum atomic E-state index is -0.943. The largest absolute Gasteiger partial charge is 0.352 e. The van der Waals surface area contributed by atoms with Crippen LogP contribution in [0.3, 0.4) is 0 Å². The van der Waals surface area contributed by atoms with E-state index in [-0.39, 0.29) is 24.4 Å². The van der Waals surface area contributed by atoms with Crippen molar-refractivity contribution in [2.75, 3.05) is 11.9 Å². The average Bonchev–Trinajstić information content (AvgIpc) is 2.53. The lowest BCUT2D eigenvalue weighted by Gasteiger charge is -2.07. The fourth-order valence-corrected chi connectivity index (χ4v) is 1.98. The Balaban J connectivity index is 1.73. The van der Waals surface area contributed by atoms with Gasteiger partial charge in [0.15, 0.2) is 0 Å². The standard InChI is InChI=1S/C17H15F3N2O2/c18-11-3-6-13(7-4-11)22-16(23)2-1-9-21-17(24)14-8-5-12(19)10-15(14)20/h3-8,10H,1-2,9H2,(H,21,24)(H,22,23). The van der Waals surface area contributed by atoms with E-state index in [2.05, 4.69) is 10.6 Å². The second kappa shape index (κ2) is 8.14. The van der Waals surface area contributed by atoms with Crippen LogP contribution in [-0.2, 0) is 4.79 Å². The Labute approximate surface area is 136 Å². The van der Waals surface area contributed by atoms with Gasteiger partial charge in [-0.25, -0.2) is 13.2 Å². The molecule has 2 aromatic carbocycles. The summed E-state index contributed by atoms with van der Waals surface area (Å²) in [4.78, 5) is 23.4. The van der Waals surface area contributed by atoms with Gasteiger partial charge in [-0.2, -0.15) is 0 Å². The van der Waals surface area contributed by atoms with E-state index in [9.17, 15) is 22.8 Å². The molecular weight excluding hydrogens is 321 g/mol. The summed E-state index contributed by atoms with van der Waals surface area (Å²) in [6.07, 6.45) is 0.463. The highest BCUT2D eigenvalue weighted by molar-refractivity contribution is 5.94. The topological polar surface area (TPSA) is 58.2 Å². The molecular formula is C17H15F3N2O2. The minimum Gasteiger partial charge on any atom is -0.352 e. The van der Waals surface area contributed by atoms with Crippen LogP contribution in [0.25, 0.3) is 0 Å². The van der Waals surface area contributed by atoms with Crippen LogP contribution < -0.4 is 10.6 Å². The van der Waals surface area contributed by atoms with Crippen LogP contribution in [0, 0.1) is 17.5 Å². The molecule has 0 aliphatic heterocycles. The molecule has 4 nitrogen and oxygen atoms in total. The van der Waals surface area contributed by atoms with Crippen LogP contribution in [0.2, 0.25) is 0 Å². The number of hydrogen-bond donors (Lipinski definition) is 2. The molecule has 0 spiro atoms. The van der Waals surface area contributed by atoms with Gasteiger partial charge in [-0.1, -0.05) is 0 Å². The quantitative estimate of drug-likeness (QED) is 0.796. The van der Waals surface area contributed by atoms with Gasteiger partial charge < -0.3 is 10.6 Å². The van der Waals surface area contributed by atoms with E-state index in [1.807, 2.05) is 0 Å². The Hall–Kier alpha value is -2.83. The van der Waals surface area contributed by atoms with Crippen LogP contribution in [0.5, 0.6) is 0 Å². The van der Waals surface area contributed by atoms with Crippen LogP contribution >= 0.6 is 0 Å². The fraction of sp³-hybridized carbons (Fsp3) is 0.176. The van der Waals surface area contributed by atoms with Crippen molar-refractivity contribution in [2.45, 2.75) is 12.8 Å². The Bertz CT molecular complexity index is 733. The Morgan fingerprint density at radius 3 is 2.25 bits per heavy atom. The average molecular weight is 336 g/mol. The van der Waals surface area contributed by atoms with E-state index in [0.717, 1.165) is 12.1 Å². The predicted molar refractivity (Wildman–Crippen MR) is 83.0 cm³/mol.